The third-order valence-electron chi connectivity index (χ3n) is 3.41. The van der Waals surface area contributed by atoms with Crippen molar-refractivity contribution in [3.05, 3.63) is 66.9 Å². The number of nitrogens with one attached hydrogen (secondary N) is 1. The van der Waals surface area contributed by atoms with Crippen molar-refractivity contribution in [3.63, 3.8) is 0 Å². The van der Waals surface area contributed by atoms with E-state index in [0.717, 1.165) is 22.0 Å². The van der Waals surface area contributed by atoms with Gasteiger partial charge in [0.05, 0.1) is 0 Å². The van der Waals surface area contributed by atoms with Crippen LogP contribution in [0.2, 0.25) is 0 Å². The van der Waals surface area contributed by atoms with E-state index < -0.39 is 0 Å². The first-order valence-corrected chi connectivity index (χ1v) is 8.25. The topological polar surface area (TPSA) is 12.0 Å². The van der Waals surface area contributed by atoms with Gasteiger partial charge in [-0.25, -0.2) is 4.39 Å². The maximum atomic E-state index is 13.2. The van der Waals surface area contributed by atoms with Gasteiger partial charge in [0.2, 0.25) is 0 Å². The molecule has 0 fully saturated rings. The minimum atomic E-state index is -0.178. The molecule has 106 valence electrons. The van der Waals surface area contributed by atoms with Crippen LogP contribution < -0.4 is 5.32 Å². The van der Waals surface area contributed by atoms with Crippen molar-refractivity contribution < 1.29 is 4.39 Å². The second-order valence-electron chi connectivity index (χ2n) is 4.78. The van der Waals surface area contributed by atoms with E-state index in [4.69, 9.17) is 0 Å². The monoisotopic (exact) mass is 447 g/mol. The molecular formula is C16H16BrFIN. The Bertz CT molecular complexity index is 615. The van der Waals surface area contributed by atoms with Crippen molar-refractivity contribution in [2.24, 2.45) is 0 Å². The number of hydrogen-bond donors (Lipinski definition) is 1. The summed E-state index contributed by atoms with van der Waals surface area (Å²) in [5.74, 6) is -0.178. The molecule has 0 spiro atoms. The SMILES string of the molecule is CNC(Cc1ccc(F)cc1C)c1cc(I)ccc1Br. The average molecular weight is 448 g/mol. The summed E-state index contributed by atoms with van der Waals surface area (Å²) in [4.78, 5) is 0. The normalized spacial score (nSPS) is 12.4. The predicted molar refractivity (Wildman–Crippen MR) is 93.5 cm³/mol. The van der Waals surface area contributed by atoms with E-state index in [9.17, 15) is 4.39 Å². The molecule has 0 aliphatic heterocycles. The Kier molecular flexibility index (Phi) is 5.57. The summed E-state index contributed by atoms with van der Waals surface area (Å²) in [6.07, 6.45) is 0.835. The number of rotatable bonds is 4. The van der Waals surface area contributed by atoms with Crippen LogP contribution in [-0.2, 0) is 6.42 Å². The third kappa shape index (κ3) is 3.80. The Hall–Kier alpha value is -0.460. The molecule has 1 N–H and O–H groups in total. The highest BCUT2D eigenvalue weighted by molar-refractivity contribution is 14.1. The fourth-order valence-electron chi connectivity index (χ4n) is 2.26. The van der Waals surface area contributed by atoms with Crippen LogP contribution in [0.1, 0.15) is 22.7 Å². The zero-order valence-electron chi connectivity index (χ0n) is 11.4. The third-order valence-corrected chi connectivity index (χ3v) is 4.80. The minimum Gasteiger partial charge on any atom is -0.313 e. The van der Waals surface area contributed by atoms with Crippen LogP contribution in [-0.4, -0.2) is 7.05 Å². The molecule has 0 heterocycles. The molecule has 2 aromatic rings. The summed E-state index contributed by atoms with van der Waals surface area (Å²) in [5, 5.41) is 3.35. The van der Waals surface area contributed by atoms with Crippen LogP contribution in [0.3, 0.4) is 0 Å². The number of likely N-dealkylation sites (N-methyl/N-ethyl adjacent to an activating group) is 1. The summed E-state index contributed by atoms with van der Waals surface area (Å²) >= 11 is 5.93. The Morgan fingerprint density at radius 3 is 2.65 bits per heavy atom. The first-order valence-electron chi connectivity index (χ1n) is 6.38. The van der Waals surface area contributed by atoms with E-state index in [1.54, 1.807) is 6.07 Å². The lowest BCUT2D eigenvalue weighted by molar-refractivity contribution is 0.584. The fraction of sp³-hybridized carbons (Fsp3) is 0.250. The molecule has 0 aromatic heterocycles. The lowest BCUT2D eigenvalue weighted by Crippen LogP contribution is -2.20. The van der Waals surface area contributed by atoms with Crippen LogP contribution in [0, 0.1) is 16.3 Å². The Labute approximate surface area is 141 Å². The first kappa shape index (κ1) is 15.9. The molecule has 0 amide bonds. The molecule has 0 bridgehead atoms. The van der Waals surface area contributed by atoms with E-state index >= 15 is 0 Å². The molecule has 1 unspecified atom stereocenters. The first-order chi connectivity index (χ1) is 9.51. The lowest BCUT2D eigenvalue weighted by atomic mass is 9.96. The Morgan fingerprint density at radius 2 is 2.00 bits per heavy atom. The van der Waals surface area contributed by atoms with E-state index in [0.29, 0.717) is 0 Å². The van der Waals surface area contributed by atoms with Gasteiger partial charge in [0.25, 0.3) is 0 Å². The largest absolute Gasteiger partial charge is 0.313 e. The second kappa shape index (κ2) is 7.00. The number of benzene rings is 2. The number of hydrogen-bond acceptors (Lipinski definition) is 1. The van der Waals surface area contributed by atoms with Gasteiger partial charge >= 0.3 is 0 Å². The maximum absolute atomic E-state index is 13.2. The molecule has 0 saturated carbocycles. The smallest absolute Gasteiger partial charge is 0.123 e. The minimum absolute atomic E-state index is 0.178. The molecule has 0 radical (unpaired) electrons. The van der Waals surface area contributed by atoms with E-state index in [-0.39, 0.29) is 11.9 Å². The average Bonchev–Trinajstić information content (AvgIpc) is 2.41. The van der Waals surface area contributed by atoms with Gasteiger partial charge < -0.3 is 5.32 Å². The molecule has 0 aliphatic rings. The summed E-state index contributed by atoms with van der Waals surface area (Å²) in [6, 6.07) is 11.5. The summed E-state index contributed by atoms with van der Waals surface area (Å²) in [5.41, 5.74) is 3.38. The molecule has 0 aliphatic carbocycles. The Balaban J connectivity index is 2.31. The fourth-order valence-corrected chi connectivity index (χ4v) is 3.30. The van der Waals surface area contributed by atoms with Gasteiger partial charge in [0.1, 0.15) is 5.82 Å². The predicted octanol–water partition coefficient (Wildman–Crippen LogP) is 5.00. The van der Waals surface area contributed by atoms with Crippen molar-refractivity contribution in [2.75, 3.05) is 7.05 Å². The highest BCUT2D eigenvalue weighted by Gasteiger charge is 2.15. The van der Waals surface area contributed by atoms with Crippen LogP contribution in [0.15, 0.2) is 40.9 Å². The Morgan fingerprint density at radius 1 is 1.25 bits per heavy atom. The van der Waals surface area contributed by atoms with E-state index in [1.807, 2.05) is 20.0 Å². The van der Waals surface area contributed by atoms with Gasteiger partial charge in [-0.3, -0.25) is 0 Å². The highest BCUT2D eigenvalue weighted by Crippen LogP contribution is 2.28. The maximum Gasteiger partial charge on any atom is 0.123 e. The molecule has 1 atom stereocenters. The summed E-state index contributed by atoms with van der Waals surface area (Å²) < 4.78 is 15.5. The molecule has 2 rings (SSSR count). The van der Waals surface area contributed by atoms with Gasteiger partial charge in [0.15, 0.2) is 0 Å². The molecule has 0 saturated heterocycles. The molecule has 1 nitrogen and oxygen atoms in total. The lowest BCUT2D eigenvalue weighted by Gasteiger charge is -2.20. The van der Waals surface area contributed by atoms with E-state index in [1.165, 1.54) is 15.2 Å². The quantitative estimate of drug-likeness (QED) is 0.650. The number of halogens is 3. The highest BCUT2D eigenvalue weighted by atomic mass is 127. The molecule has 20 heavy (non-hydrogen) atoms. The van der Waals surface area contributed by atoms with Crippen molar-refractivity contribution >= 4 is 38.5 Å². The van der Waals surface area contributed by atoms with Crippen molar-refractivity contribution in [1.82, 2.24) is 5.32 Å². The van der Waals surface area contributed by atoms with Gasteiger partial charge in [-0.1, -0.05) is 22.0 Å². The van der Waals surface area contributed by atoms with E-state index in [2.05, 4.69) is 62.0 Å². The van der Waals surface area contributed by atoms with Gasteiger partial charge in [0, 0.05) is 14.1 Å². The van der Waals surface area contributed by atoms with Crippen molar-refractivity contribution in [2.45, 2.75) is 19.4 Å². The standard InChI is InChI=1S/C16H16BrFIN/c1-10-7-12(18)4-3-11(10)8-16(20-2)14-9-13(19)5-6-15(14)17/h3-7,9,16,20H,8H2,1-2H3. The van der Waals surface area contributed by atoms with Gasteiger partial charge in [-0.05, 0) is 90.0 Å². The van der Waals surface area contributed by atoms with Crippen LogP contribution >= 0.6 is 38.5 Å². The van der Waals surface area contributed by atoms with Crippen LogP contribution in [0.4, 0.5) is 4.39 Å². The molecule has 4 heteroatoms. The van der Waals surface area contributed by atoms with Gasteiger partial charge in [-0.2, -0.15) is 0 Å². The zero-order valence-corrected chi connectivity index (χ0v) is 15.1. The van der Waals surface area contributed by atoms with Gasteiger partial charge in [-0.15, -0.1) is 0 Å². The number of aryl methyl sites for hydroxylation is 1. The zero-order chi connectivity index (χ0) is 14.7. The molecular weight excluding hydrogens is 432 g/mol. The van der Waals surface area contributed by atoms with Crippen LogP contribution in [0.5, 0.6) is 0 Å². The summed E-state index contributed by atoms with van der Waals surface area (Å²) in [7, 11) is 1.95. The summed E-state index contributed by atoms with van der Waals surface area (Å²) in [6.45, 7) is 1.95. The molecule has 2 aromatic carbocycles. The van der Waals surface area contributed by atoms with Crippen LogP contribution in [0.25, 0.3) is 0 Å². The van der Waals surface area contributed by atoms with Crippen molar-refractivity contribution in [1.29, 1.82) is 0 Å². The van der Waals surface area contributed by atoms with Crippen molar-refractivity contribution in [3.8, 4) is 0 Å². The second-order valence-corrected chi connectivity index (χ2v) is 6.88.